The van der Waals surface area contributed by atoms with E-state index < -0.39 is 0 Å². The lowest BCUT2D eigenvalue weighted by molar-refractivity contribution is -0.132. The van der Waals surface area contributed by atoms with Crippen LogP contribution < -0.4 is 0 Å². The summed E-state index contributed by atoms with van der Waals surface area (Å²) in [5, 5.41) is 2.15. The molecule has 1 atom stereocenters. The second kappa shape index (κ2) is 5.41. The molecule has 1 aliphatic heterocycles. The predicted octanol–water partition coefficient (Wildman–Crippen LogP) is 3.94. The minimum atomic E-state index is 0.0960. The minimum absolute atomic E-state index is 0.0960. The number of thiophene rings is 1. The molecule has 0 spiro atoms. The molecule has 1 aromatic heterocycles. The molecule has 1 aromatic carbocycles. The molecule has 0 radical (unpaired) electrons. The van der Waals surface area contributed by atoms with Gasteiger partial charge in [-0.15, -0.1) is 11.3 Å². The first kappa shape index (κ1) is 13.4. The van der Waals surface area contributed by atoms with Gasteiger partial charge in [0.25, 0.3) is 0 Å². The van der Waals surface area contributed by atoms with E-state index in [0.717, 1.165) is 13.0 Å². The molecule has 0 saturated heterocycles. The van der Waals surface area contributed by atoms with Crippen LogP contribution in [0.5, 0.6) is 0 Å². The smallest absolute Gasteiger partial charge is 0.223 e. The van der Waals surface area contributed by atoms with Gasteiger partial charge in [0.05, 0.1) is 6.04 Å². The van der Waals surface area contributed by atoms with Crippen molar-refractivity contribution in [1.29, 1.82) is 0 Å². The monoisotopic (exact) mass is 285 g/mol. The molecular formula is C17H19NOS. The van der Waals surface area contributed by atoms with Gasteiger partial charge < -0.3 is 4.90 Å². The van der Waals surface area contributed by atoms with E-state index in [1.807, 2.05) is 18.3 Å². The first-order valence-electron chi connectivity index (χ1n) is 7.13. The number of rotatable bonds is 2. The highest BCUT2D eigenvalue weighted by Gasteiger charge is 2.32. The third-order valence-electron chi connectivity index (χ3n) is 4.07. The van der Waals surface area contributed by atoms with E-state index in [4.69, 9.17) is 0 Å². The molecule has 1 aliphatic rings. The average molecular weight is 285 g/mol. The Morgan fingerprint density at radius 1 is 1.30 bits per heavy atom. The number of hydrogen-bond acceptors (Lipinski definition) is 2. The van der Waals surface area contributed by atoms with Gasteiger partial charge in [0.15, 0.2) is 0 Å². The van der Waals surface area contributed by atoms with Crippen LogP contribution in [0.1, 0.15) is 41.0 Å². The number of carbonyl (C=O) groups excluding carboxylic acids is 1. The van der Waals surface area contributed by atoms with Crippen LogP contribution in [-0.4, -0.2) is 17.4 Å². The van der Waals surface area contributed by atoms with Crippen LogP contribution in [0.15, 0.2) is 35.7 Å². The van der Waals surface area contributed by atoms with E-state index in [-0.39, 0.29) is 11.9 Å². The Labute approximate surface area is 124 Å². The van der Waals surface area contributed by atoms with Gasteiger partial charge in [0.1, 0.15) is 0 Å². The zero-order valence-corrected chi connectivity index (χ0v) is 12.7. The quantitative estimate of drug-likeness (QED) is 0.818. The summed E-state index contributed by atoms with van der Waals surface area (Å²) < 4.78 is 0. The summed E-state index contributed by atoms with van der Waals surface area (Å²) in [6.45, 7) is 4.91. The van der Waals surface area contributed by atoms with Gasteiger partial charge in [-0.1, -0.05) is 31.2 Å². The highest BCUT2D eigenvalue weighted by atomic mass is 32.1. The maximum atomic E-state index is 12.3. The molecule has 0 N–H and O–H groups in total. The number of benzene rings is 1. The molecule has 3 rings (SSSR count). The molecule has 20 heavy (non-hydrogen) atoms. The Bertz CT molecular complexity index is 631. The van der Waals surface area contributed by atoms with Crippen LogP contribution in [0.4, 0.5) is 0 Å². The number of hydrogen-bond donors (Lipinski definition) is 0. The summed E-state index contributed by atoms with van der Waals surface area (Å²) in [6, 6.07) is 10.7. The van der Waals surface area contributed by atoms with E-state index in [0.29, 0.717) is 6.42 Å². The first-order valence-corrected chi connectivity index (χ1v) is 8.01. The van der Waals surface area contributed by atoms with Gasteiger partial charge in [0.2, 0.25) is 5.91 Å². The topological polar surface area (TPSA) is 20.3 Å². The van der Waals surface area contributed by atoms with Gasteiger partial charge in [-0.2, -0.15) is 0 Å². The van der Waals surface area contributed by atoms with Gasteiger partial charge in [-0.05, 0) is 41.5 Å². The Morgan fingerprint density at radius 3 is 2.85 bits per heavy atom. The summed E-state index contributed by atoms with van der Waals surface area (Å²) in [5.41, 5.74) is 3.83. The molecule has 0 bridgehead atoms. The molecule has 2 aromatic rings. The number of aryl methyl sites for hydroxylation is 1. The molecule has 3 heteroatoms. The fourth-order valence-corrected chi connectivity index (χ4v) is 3.92. The molecule has 2 nitrogen and oxygen atoms in total. The van der Waals surface area contributed by atoms with E-state index in [2.05, 4.69) is 47.5 Å². The normalized spacial score (nSPS) is 17.9. The van der Waals surface area contributed by atoms with Gasteiger partial charge >= 0.3 is 0 Å². The second-order valence-electron chi connectivity index (χ2n) is 5.25. The largest absolute Gasteiger partial charge is 0.331 e. The Kier molecular flexibility index (Phi) is 3.62. The number of amides is 1. The summed E-state index contributed by atoms with van der Waals surface area (Å²) >= 11 is 1.81. The second-order valence-corrected chi connectivity index (χ2v) is 6.25. The zero-order valence-electron chi connectivity index (χ0n) is 11.9. The maximum Gasteiger partial charge on any atom is 0.223 e. The SMILES string of the molecule is CCC(=O)N1CCc2sccc2[C@@H]1c1ccccc1C. The van der Waals surface area contributed by atoms with Crippen LogP contribution in [0.25, 0.3) is 0 Å². The van der Waals surface area contributed by atoms with Crippen LogP contribution in [0.2, 0.25) is 0 Å². The Morgan fingerprint density at radius 2 is 2.10 bits per heavy atom. The maximum absolute atomic E-state index is 12.3. The summed E-state index contributed by atoms with van der Waals surface area (Å²) in [4.78, 5) is 15.8. The van der Waals surface area contributed by atoms with Crippen molar-refractivity contribution in [3.05, 3.63) is 57.3 Å². The molecule has 0 unspecified atom stereocenters. The van der Waals surface area contributed by atoms with Crippen molar-refractivity contribution in [3.8, 4) is 0 Å². The van der Waals surface area contributed by atoms with E-state index >= 15 is 0 Å². The Balaban J connectivity index is 2.12. The molecule has 0 fully saturated rings. The standard InChI is InChI=1S/C17H19NOS/c1-3-16(19)18-10-8-15-14(9-11-20-15)17(18)13-7-5-4-6-12(13)2/h4-7,9,11,17H,3,8,10H2,1-2H3/t17-/m0/s1. The van der Waals surface area contributed by atoms with Crippen LogP contribution in [-0.2, 0) is 11.2 Å². The molecule has 2 heterocycles. The van der Waals surface area contributed by atoms with E-state index in [1.165, 1.54) is 21.6 Å². The van der Waals surface area contributed by atoms with Crippen LogP contribution in [0.3, 0.4) is 0 Å². The number of nitrogens with zero attached hydrogens (tertiary/aromatic N) is 1. The molecule has 0 saturated carbocycles. The summed E-state index contributed by atoms with van der Waals surface area (Å²) in [5.74, 6) is 0.245. The van der Waals surface area contributed by atoms with Gasteiger partial charge in [-0.25, -0.2) is 0 Å². The fraction of sp³-hybridized carbons (Fsp3) is 0.353. The summed E-state index contributed by atoms with van der Waals surface area (Å²) in [7, 11) is 0. The minimum Gasteiger partial charge on any atom is -0.331 e. The van der Waals surface area contributed by atoms with E-state index in [9.17, 15) is 4.79 Å². The van der Waals surface area contributed by atoms with E-state index in [1.54, 1.807) is 0 Å². The lowest BCUT2D eigenvalue weighted by Crippen LogP contribution is -2.39. The molecule has 1 amide bonds. The van der Waals surface area contributed by atoms with Crippen molar-refractivity contribution in [1.82, 2.24) is 4.90 Å². The lowest BCUT2D eigenvalue weighted by atomic mass is 9.90. The zero-order chi connectivity index (χ0) is 14.1. The predicted molar refractivity (Wildman–Crippen MR) is 83.0 cm³/mol. The summed E-state index contributed by atoms with van der Waals surface area (Å²) in [6.07, 6.45) is 1.56. The highest BCUT2D eigenvalue weighted by molar-refractivity contribution is 7.10. The van der Waals surface area contributed by atoms with Gasteiger partial charge in [0, 0.05) is 17.8 Å². The lowest BCUT2D eigenvalue weighted by Gasteiger charge is -2.37. The van der Waals surface area contributed by atoms with Crippen molar-refractivity contribution in [2.45, 2.75) is 32.7 Å². The molecular weight excluding hydrogens is 266 g/mol. The van der Waals surface area contributed by atoms with Gasteiger partial charge in [-0.3, -0.25) is 4.79 Å². The average Bonchev–Trinajstić information content (AvgIpc) is 2.94. The molecule has 104 valence electrons. The van der Waals surface area contributed by atoms with Crippen LogP contribution in [0, 0.1) is 6.92 Å². The van der Waals surface area contributed by atoms with Crippen molar-refractivity contribution < 1.29 is 4.79 Å². The highest BCUT2D eigenvalue weighted by Crippen LogP contribution is 2.39. The van der Waals surface area contributed by atoms with Crippen molar-refractivity contribution in [2.24, 2.45) is 0 Å². The third-order valence-corrected chi connectivity index (χ3v) is 5.07. The van der Waals surface area contributed by atoms with Crippen molar-refractivity contribution >= 4 is 17.2 Å². The number of fused-ring (bicyclic) bond motifs is 1. The fourth-order valence-electron chi connectivity index (χ4n) is 3.02. The van der Waals surface area contributed by atoms with Crippen molar-refractivity contribution in [2.75, 3.05) is 6.54 Å². The molecule has 0 aliphatic carbocycles. The van der Waals surface area contributed by atoms with Crippen LogP contribution >= 0.6 is 11.3 Å². The Hall–Kier alpha value is -1.61. The third kappa shape index (κ3) is 2.16. The van der Waals surface area contributed by atoms with Crippen molar-refractivity contribution in [3.63, 3.8) is 0 Å². The first-order chi connectivity index (χ1) is 9.72. The number of carbonyl (C=O) groups is 1.